The standard InChI is InChI=1S/C16H20BrClN2O3/c1-15(2,3)23-14(22)20-8-16(5-4-9(21)6-16)11-12(18)10(17)7-19-13(11)20/h7,9,21H,4-6,8H2,1-3H3/t9-,16-/m0/s1. The second kappa shape index (κ2) is 5.60. The zero-order valence-corrected chi connectivity index (χ0v) is 15.7. The van der Waals surface area contributed by atoms with Gasteiger partial charge in [-0.3, -0.25) is 4.90 Å². The minimum Gasteiger partial charge on any atom is -0.443 e. The van der Waals surface area contributed by atoms with Crippen molar-refractivity contribution in [3.8, 4) is 0 Å². The van der Waals surface area contributed by atoms with Crippen LogP contribution >= 0.6 is 27.5 Å². The second-order valence-electron chi connectivity index (χ2n) is 7.36. The number of rotatable bonds is 0. The van der Waals surface area contributed by atoms with E-state index < -0.39 is 11.7 Å². The molecule has 1 saturated carbocycles. The van der Waals surface area contributed by atoms with Crippen molar-refractivity contribution in [2.24, 2.45) is 0 Å². The van der Waals surface area contributed by atoms with Crippen LogP contribution in [0.3, 0.4) is 0 Å². The van der Waals surface area contributed by atoms with E-state index in [1.807, 2.05) is 20.8 Å². The van der Waals surface area contributed by atoms with Gasteiger partial charge in [0.25, 0.3) is 0 Å². The molecule has 2 atom stereocenters. The molecule has 1 aromatic rings. The number of hydrogen-bond donors (Lipinski definition) is 1. The van der Waals surface area contributed by atoms with Gasteiger partial charge in [-0.1, -0.05) is 11.6 Å². The molecule has 0 aromatic carbocycles. The number of aromatic nitrogens is 1. The molecule has 0 saturated heterocycles. The Kier molecular flexibility index (Phi) is 4.14. The van der Waals surface area contributed by atoms with Gasteiger partial charge < -0.3 is 9.84 Å². The molecule has 3 rings (SSSR count). The average molecular weight is 404 g/mol. The Hall–Kier alpha value is -0.850. The van der Waals surface area contributed by atoms with E-state index in [4.69, 9.17) is 16.3 Å². The number of hydrogen-bond acceptors (Lipinski definition) is 4. The van der Waals surface area contributed by atoms with E-state index in [2.05, 4.69) is 20.9 Å². The topological polar surface area (TPSA) is 62.7 Å². The maximum atomic E-state index is 12.6. The normalized spacial score (nSPS) is 26.7. The van der Waals surface area contributed by atoms with Gasteiger partial charge in [-0.15, -0.1) is 0 Å². The van der Waals surface area contributed by atoms with Crippen molar-refractivity contribution < 1.29 is 14.6 Å². The quantitative estimate of drug-likeness (QED) is 0.710. The van der Waals surface area contributed by atoms with Crippen molar-refractivity contribution in [3.63, 3.8) is 0 Å². The third kappa shape index (κ3) is 2.96. The number of aliphatic hydroxyl groups excluding tert-OH is 1. The first-order valence-electron chi connectivity index (χ1n) is 7.66. The van der Waals surface area contributed by atoms with Crippen LogP contribution in [0.25, 0.3) is 0 Å². The number of fused-ring (bicyclic) bond motifs is 2. The first-order valence-corrected chi connectivity index (χ1v) is 8.83. The number of amides is 1. The largest absolute Gasteiger partial charge is 0.443 e. The first-order chi connectivity index (χ1) is 10.6. The molecule has 0 unspecified atom stereocenters. The number of carbonyl (C=O) groups is 1. The zero-order chi connectivity index (χ0) is 17.0. The summed E-state index contributed by atoms with van der Waals surface area (Å²) in [6.07, 6.45) is 2.85. The Morgan fingerprint density at radius 2 is 2.26 bits per heavy atom. The van der Waals surface area contributed by atoms with Gasteiger partial charge in [0, 0.05) is 23.7 Å². The van der Waals surface area contributed by atoms with Crippen molar-refractivity contribution in [2.45, 2.75) is 57.2 Å². The van der Waals surface area contributed by atoms with Gasteiger partial charge in [0.1, 0.15) is 11.4 Å². The number of anilines is 1. The van der Waals surface area contributed by atoms with Gasteiger partial charge >= 0.3 is 6.09 Å². The van der Waals surface area contributed by atoms with Crippen LogP contribution < -0.4 is 4.90 Å². The maximum absolute atomic E-state index is 12.6. The smallest absolute Gasteiger partial charge is 0.416 e. The zero-order valence-electron chi connectivity index (χ0n) is 13.4. The molecule has 1 aromatic heterocycles. The summed E-state index contributed by atoms with van der Waals surface area (Å²) in [7, 11) is 0. The molecule has 2 aliphatic rings. The number of nitrogens with zero attached hydrogens (tertiary/aromatic N) is 2. The molecule has 1 N–H and O–H groups in total. The van der Waals surface area contributed by atoms with Gasteiger partial charge in [-0.05, 0) is 56.0 Å². The van der Waals surface area contributed by atoms with Crippen LogP contribution in [-0.2, 0) is 10.2 Å². The highest BCUT2D eigenvalue weighted by atomic mass is 79.9. The predicted octanol–water partition coefficient (Wildman–Crippen LogP) is 4.04. The molecule has 1 aliphatic carbocycles. The maximum Gasteiger partial charge on any atom is 0.416 e. The molecule has 0 bridgehead atoms. The molecule has 7 heteroatoms. The minimum atomic E-state index is -0.582. The monoisotopic (exact) mass is 402 g/mol. The lowest BCUT2D eigenvalue weighted by molar-refractivity contribution is 0.0575. The highest BCUT2D eigenvalue weighted by molar-refractivity contribution is 9.10. The fourth-order valence-electron chi connectivity index (χ4n) is 3.52. The van der Waals surface area contributed by atoms with Crippen LogP contribution in [0.15, 0.2) is 10.7 Å². The number of pyridine rings is 1. The molecule has 1 aliphatic heterocycles. The van der Waals surface area contributed by atoms with E-state index in [1.54, 1.807) is 11.1 Å². The average Bonchev–Trinajstić information content (AvgIpc) is 2.94. The Balaban J connectivity index is 2.05. The third-order valence-corrected chi connectivity index (χ3v) is 5.62. The molecule has 2 heterocycles. The number of carbonyl (C=O) groups excluding carboxylic acids is 1. The van der Waals surface area contributed by atoms with Gasteiger partial charge in [-0.2, -0.15) is 0 Å². The van der Waals surface area contributed by atoms with E-state index in [1.165, 1.54) is 0 Å². The summed E-state index contributed by atoms with van der Waals surface area (Å²) in [6, 6.07) is 0. The summed E-state index contributed by atoms with van der Waals surface area (Å²) >= 11 is 9.92. The molecule has 1 fully saturated rings. The van der Waals surface area contributed by atoms with Crippen LogP contribution in [-0.4, -0.2) is 34.4 Å². The second-order valence-corrected chi connectivity index (χ2v) is 8.59. The number of aliphatic hydroxyl groups is 1. The Morgan fingerprint density at radius 1 is 1.57 bits per heavy atom. The minimum absolute atomic E-state index is 0.348. The van der Waals surface area contributed by atoms with E-state index in [0.29, 0.717) is 34.7 Å². The highest BCUT2D eigenvalue weighted by Gasteiger charge is 2.52. The van der Waals surface area contributed by atoms with E-state index in [0.717, 1.165) is 12.0 Å². The summed E-state index contributed by atoms with van der Waals surface area (Å²) in [5, 5.41) is 10.6. The van der Waals surface area contributed by atoms with Crippen molar-refractivity contribution in [2.75, 3.05) is 11.4 Å². The molecular weight excluding hydrogens is 384 g/mol. The summed E-state index contributed by atoms with van der Waals surface area (Å²) < 4.78 is 6.21. The summed E-state index contributed by atoms with van der Waals surface area (Å²) in [6.45, 7) is 5.94. The fourth-order valence-corrected chi connectivity index (χ4v) is 4.16. The van der Waals surface area contributed by atoms with Gasteiger partial charge in [-0.25, -0.2) is 9.78 Å². The van der Waals surface area contributed by atoms with Crippen LogP contribution in [0.1, 0.15) is 45.6 Å². The van der Waals surface area contributed by atoms with E-state index in [9.17, 15) is 9.90 Å². The Labute approximate surface area is 149 Å². The van der Waals surface area contributed by atoms with Crippen molar-refractivity contribution in [1.29, 1.82) is 0 Å². The van der Waals surface area contributed by atoms with Crippen LogP contribution in [0.5, 0.6) is 0 Å². The fraction of sp³-hybridized carbons (Fsp3) is 0.625. The van der Waals surface area contributed by atoms with Crippen molar-refractivity contribution in [1.82, 2.24) is 4.98 Å². The molecule has 0 radical (unpaired) electrons. The predicted molar refractivity (Wildman–Crippen MR) is 92.1 cm³/mol. The van der Waals surface area contributed by atoms with Gasteiger partial charge in [0.15, 0.2) is 0 Å². The SMILES string of the molecule is CC(C)(C)OC(=O)N1C[C@@]2(CC[C@H](O)C2)c2c1ncc(Br)c2Cl. The lowest BCUT2D eigenvalue weighted by atomic mass is 9.81. The number of halogens is 2. The molecule has 5 nitrogen and oxygen atoms in total. The van der Waals surface area contributed by atoms with Crippen molar-refractivity contribution >= 4 is 39.4 Å². The van der Waals surface area contributed by atoms with Gasteiger partial charge in [0.05, 0.1) is 15.6 Å². The third-order valence-electron chi connectivity index (χ3n) is 4.40. The summed E-state index contributed by atoms with van der Waals surface area (Å²) in [4.78, 5) is 18.5. The van der Waals surface area contributed by atoms with E-state index in [-0.39, 0.29) is 11.5 Å². The van der Waals surface area contributed by atoms with Crippen molar-refractivity contribution in [3.05, 3.63) is 21.3 Å². The highest BCUT2D eigenvalue weighted by Crippen LogP contribution is 2.53. The van der Waals surface area contributed by atoms with Gasteiger partial charge in [0.2, 0.25) is 0 Å². The molecule has 1 amide bonds. The van der Waals surface area contributed by atoms with Crippen LogP contribution in [0.4, 0.5) is 10.6 Å². The molecule has 126 valence electrons. The lowest BCUT2D eigenvalue weighted by Gasteiger charge is -2.27. The molecule has 1 spiro atoms. The van der Waals surface area contributed by atoms with E-state index >= 15 is 0 Å². The Bertz CT molecular complexity index is 661. The van der Waals surface area contributed by atoms with Crippen LogP contribution in [0.2, 0.25) is 5.02 Å². The van der Waals surface area contributed by atoms with Crippen LogP contribution in [0, 0.1) is 0 Å². The lowest BCUT2D eigenvalue weighted by Crippen LogP contribution is -2.39. The molecule has 23 heavy (non-hydrogen) atoms. The Morgan fingerprint density at radius 3 is 2.83 bits per heavy atom. The summed E-state index contributed by atoms with van der Waals surface area (Å²) in [5.74, 6) is 0.543. The first kappa shape index (κ1) is 17.0. The number of ether oxygens (including phenoxy) is 1. The molecular formula is C16H20BrClN2O3. The summed E-state index contributed by atoms with van der Waals surface area (Å²) in [5.41, 5.74) is -0.0862.